The highest BCUT2D eigenvalue weighted by Crippen LogP contribution is 2.46. The molecule has 0 bridgehead atoms. The van der Waals surface area contributed by atoms with E-state index in [0.717, 1.165) is 10.8 Å². The maximum absolute atomic E-state index is 14.3. The lowest BCUT2D eigenvalue weighted by Gasteiger charge is -2.30. The van der Waals surface area contributed by atoms with Crippen LogP contribution in [0.15, 0.2) is 48.7 Å². The Kier molecular flexibility index (Phi) is 9.59. The van der Waals surface area contributed by atoms with Gasteiger partial charge in [-0.25, -0.2) is 18.2 Å². The summed E-state index contributed by atoms with van der Waals surface area (Å²) in [4.78, 5) is 60.7. The summed E-state index contributed by atoms with van der Waals surface area (Å²) in [7, 11) is -3.89. The van der Waals surface area contributed by atoms with Crippen LogP contribution in [0.4, 0.5) is 4.79 Å². The minimum absolute atomic E-state index is 0.0105. The Morgan fingerprint density at radius 2 is 1.90 bits per heavy atom. The molecule has 0 radical (unpaired) electrons. The highest BCUT2D eigenvalue weighted by Gasteiger charge is 2.62. The molecular formula is C34H43N5O9S. The normalized spacial score (nSPS) is 28.6. The standard InChI is InChI=1S/C34H43N5O9S/c1-33(2,3)48-32(43)36-26-11-7-17-46-16-6-9-22-19-34(22,31(42)38-49(44,45)24-12-13-24)37-28(40)27-18-23(20-39(27)30(26)41)47-29-25-10-5-4-8-21(25)14-15-35-29/h4-6,8-10,14-15,22-24,26-27H,7,11-13,16-20H2,1-3H3,(H,36,43)(H,37,40)(H,38,42)/b9-6-/t22-,23?,26+,27+,34-/m1/s1. The highest BCUT2D eigenvalue weighted by molar-refractivity contribution is 7.91. The van der Waals surface area contributed by atoms with Crippen LogP contribution in [0, 0.1) is 5.92 Å². The van der Waals surface area contributed by atoms with Crippen molar-refractivity contribution in [2.45, 2.75) is 93.9 Å². The number of fused-ring (bicyclic) bond motifs is 3. The molecule has 1 saturated heterocycles. The Labute approximate surface area is 285 Å². The lowest BCUT2D eigenvalue weighted by Crippen LogP contribution is -2.58. The first kappa shape index (κ1) is 34.6. The van der Waals surface area contributed by atoms with Crippen LogP contribution in [-0.2, 0) is 33.9 Å². The number of carbonyl (C=O) groups excluding carboxylic acids is 4. The number of nitrogens with one attached hydrogen (secondary N) is 3. The Morgan fingerprint density at radius 3 is 2.65 bits per heavy atom. The smallest absolute Gasteiger partial charge is 0.408 e. The monoisotopic (exact) mass is 697 g/mol. The van der Waals surface area contributed by atoms with Crippen molar-refractivity contribution < 1.29 is 41.8 Å². The average molecular weight is 698 g/mol. The molecule has 4 aliphatic rings. The Morgan fingerprint density at radius 1 is 1.12 bits per heavy atom. The average Bonchev–Trinajstić information content (AvgIpc) is 3.96. The third-order valence-electron chi connectivity index (χ3n) is 9.08. The third-order valence-corrected chi connectivity index (χ3v) is 10.9. The van der Waals surface area contributed by atoms with Crippen LogP contribution in [0.2, 0.25) is 0 Å². The first-order valence-corrected chi connectivity index (χ1v) is 18.2. The van der Waals surface area contributed by atoms with Crippen LogP contribution in [0.25, 0.3) is 10.8 Å². The summed E-state index contributed by atoms with van der Waals surface area (Å²) < 4.78 is 45.1. The van der Waals surface area contributed by atoms with Gasteiger partial charge in [-0.15, -0.1) is 0 Å². The molecule has 2 aliphatic carbocycles. The number of carbonyl (C=O) groups is 4. The number of hydrogen-bond acceptors (Lipinski definition) is 10. The van der Waals surface area contributed by atoms with E-state index in [0.29, 0.717) is 25.1 Å². The van der Waals surface area contributed by atoms with Crippen LogP contribution >= 0.6 is 0 Å². The van der Waals surface area contributed by atoms with Crippen molar-refractivity contribution >= 4 is 44.6 Å². The van der Waals surface area contributed by atoms with Gasteiger partial charge >= 0.3 is 6.09 Å². The van der Waals surface area contributed by atoms with E-state index in [-0.39, 0.29) is 39.0 Å². The highest BCUT2D eigenvalue weighted by atomic mass is 32.2. The van der Waals surface area contributed by atoms with Gasteiger partial charge < -0.3 is 29.7 Å². The molecule has 14 nitrogen and oxygen atoms in total. The van der Waals surface area contributed by atoms with Gasteiger partial charge in [0.2, 0.25) is 27.7 Å². The molecule has 49 heavy (non-hydrogen) atoms. The fourth-order valence-corrected chi connectivity index (χ4v) is 7.72. The molecule has 3 N–H and O–H groups in total. The number of nitrogens with zero attached hydrogens (tertiary/aromatic N) is 2. The Hall–Kier alpha value is -4.24. The minimum Gasteiger partial charge on any atom is -0.472 e. The molecule has 6 rings (SSSR count). The van der Waals surface area contributed by atoms with Crippen molar-refractivity contribution in [1.29, 1.82) is 0 Å². The van der Waals surface area contributed by atoms with Gasteiger partial charge in [0.05, 0.1) is 18.4 Å². The SMILES string of the molecule is CC(C)(C)OC(=O)N[C@H]1CCCOC/C=C\[C@@H]2C[C@@]2(C(=O)NS(=O)(=O)C2CC2)NC(=O)[C@@H]2CC(Oc3nccc4ccccc34)CN2C1=O. The van der Waals surface area contributed by atoms with E-state index in [1.165, 1.54) is 4.90 Å². The number of alkyl carbamates (subject to hydrolysis) is 1. The van der Waals surface area contributed by atoms with Gasteiger partial charge in [0.15, 0.2) is 0 Å². The predicted octanol–water partition coefficient (Wildman–Crippen LogP) is 2.33. The molecule has 1 aromatic carbocycles. The maximum atomic E-state index is 14.3. The molecule has 2 aliphatic heterocycles. The third kappa shape index (κ3) is 7.99. The molecular weight excluding hydrogens is 654 g/mol. The van der Waals surface area contributed by atoms with Gasteiger partial charge in [0.1, 0.15) is 29.3 Å². The van der Waals surface area contributed by atoms with Crippen LogP contribution < -0.4 is 20.1 Å². The molecule has 5 atom stereocenters. The number of benzene rings is 1. The fraction of sp³-hybridized carbons (Fsp3) is 0.559. The van der Waals surface area contributed by atoms with Gasteiger partial charge in [-0.2, -0.15) is 0 Å². The Balaban J connectivity index is 1.30. The maximum Gasteiger partial charge on any atom is 0.408 e. The van der Waals surface area contributed by atoms with Crippen molar-refractivity contribution in [2.75, 3.05) is 19.8 Å². The van der Waals surface area contributed by atoms with E-state index in [2.05, 4.69) is 20.3 Å². The van der Waals surface area contributed by atoms with Crippen molar-refractivity contribution in [3.8, 4) is 5.88 Å². The molecule has 3 fully saturated rings. The lowest BCUT2D eigenvalue weighted by molar-refractivity contribution is -0.141. The molecule has 0 spiro atoms. The fourth-order valence-electron chi connectivity index (χ4n) is 6.35. The van der Waals surface area contributed by atoms with E-state index < -0.39 is 74.3 Å². The van der Waals surface area contributed by atoms with Gasteiger partial charge in [0, 0.05) is 30.5 Å². The van der Waals surface area contributed by atoms with Crippen molar-refractivity contribution in [3.63, 3.8) is 0 Å². The summed E-state index contributed by atoms with van der Waals surface area (Å²) in [5.74, 6) is -2.13. The summed E-state index contributed by atoms with van der Waals surface area (Å²) in [6, 6.07) is 7.23. The zero-order valence-electron chi connectivity index (χ0n) is 27.8. The van der Waals surface area contributed by atoms with Crippen LogP contribution in [0.3, 0.4) is 0 Å². The van der Waals surface area contributed by atoms with Crippen molar-refractivity contribution in [3.05, 3.63) is 48.7 Å². The van der Waals surface area contributed by atoms with Gasteiger partial charge in [-0.3, -0.25) is 19.1 Å². The largest absolute Gasteiger partial charge is 0.472 e. The summed E-state index contributed by atoms with van der Waals surface area (Å²) in [6.07, 6.45) is 5.42. The lowest BCUT2D eigenvalue weighted by atomic mass is 10.1. The molecule has 4 amide bonds. The van der Waals surface area contributed by atoms with Crippen LogP contribution in [-0.4, -0.2) is 96.5 Å². The number of amides is 4. The molecule has 3 heterocycles. The predicted molar refractivity (Wildman–Crippen MR) is 178 cm³/mol. The van der Waals surface area contributed by atoms with E-state index in [1.54, 1.807) is 39.1 Å². The molecule has 2 aromatic rings. The number of hydrogen-bond donors (Lipinski definition) is 3. The second-order valence-corrected chi connectivity index (χ2v) is 16.1. The van der Waals surface area contributed by atoms with Crippen LogP contribution in [0.5, 0.6) is 5.88 Å². The zero-order chi connectivity index (χ0) is 35.0. The van der Waals surface area contributed by atoms with Crippen molar-refractivity contribution in [1.82, 2.24) is 25.2 Å². The summed E-state index contributed by atoms with van der Waals surface area (Å²) >= 11 is 0. The zero-order valence-corrected chi connectivity index (χ0v) is 28.7. The van der Waals surface area contributed by atoms with Crippen molar-refractivity contribution in [2.24, 2.45) is 5.92 Å². The topological polar surface area (TPSA) is 182 Å². The molecule has 264 valence electrons. The molecule has 1 aromatic heterocycles. The summed E-state index contributed by atoms with van der Waals surface area (Å²) in [5, 5.41) is 6.54. The number of pyridine rings is 1. The second-order valence-electron chi connectivity index (χ2n) is 14.1. The summed E-state index contributed by atoms with van der Waals surface area (Å²) in [5.41, 5.74) is -2.35. The number of sulfonamides is 1. The van der Waals surface area contributed by atoms with E-state index in [1.807, 2.05) is 30.3 Å². The summed E-state index contributed by atoms with van der Waals surface area (Å²) in [6.45, 7) is 5.61. The van der Waals surface area contributed by atoms with Gasteiger partial charge in [-0.05, 0) is 70.4 Å². The number of ether oxygens (including phenoxy) is 3. The quantitative estimate of drug-likeness (QED) is 0.379. The molecule has 1 unspecified atom stereocenters. The molecule has 2 saturated carbocycles. The first-order valence-electron chi connectivity index (χ1n) is 16.7. The second kappa shape index (κ2) is 13.6. The van der Waals surface area contributed by atoms with Gasteiger partial charge in [0.25, 0.3) is 5.91 Å². The van der Waals surface area contributed by atoms with E-state index in [9.17, 15) is 27.6 Å². The van der Waals surface area contributed by atoms with Crippen LogP contribution in [0.1, 0.15) is 59.3 Å². The minimum atomic E-state index is -3.89. The van der Waals surface area contributed by atoms with E-state index >= 15 is 0 Å². The Bertz CT molecular complexity index is 1750. The molecule has 15 heteroatoms. The van der Waals surface area contributed by atoms with E-state index in [4.69, 9.17) is 14.2 Å². The number of rotatable bonds is 6. The number of aromatic nitrogens is 1. The first-order chi connectivity index (χ1) is 23.3. The van der Waals surface area contributed by atoms with Gasteiger partial charge in [-0.1, -0.05) is 30.4 Å².